The van der Waals surface area contributed by atoms with Gasteiger partial charge in [0.2, 0.25) is 0 Å². The van der Waals surface area contributed by atoms with Crippen molar-refractivity contribution in [3.05, 3.63) is 93.6 Å². The molecule has 1 saturated heterocycles. The molecule has 0 radical (unpaired) electrons. The van der Waals surface area contributed by atoms with Gasteiger partial charge in [-0.1, -0.05) is 40.9 Å². The second-order valence-electron chi connectivity index (χ2n) is 8.41. The maximum atomic E-state index is 13.7. The Bertz CT molecular complexity index is 1400. The molecule has 0 unspecified atom stereocenters. The average molecular weight is 542 g/mol. The van der Waals surface area contributed by atoms with Crippen LogP contribution in [-0.2, 0) is 0 Å². The predicted molar refractivity (Wildman–Crippen MR) is 145 cm³/mol. The SMILES string of the molecule is COc1ccc(-c2cc(C(=O)N3CCN(c4cccc(Cl)c4)CC3)n(-c3ccc(Cl)c(Cl)c3)n2)cc1. The highest BCUT2D eigenvalue weighted by atomic mass is 35.5. The second kappa shape index (κ2) is 10.4. The Balaban J connectivity index is 1.45. The minimum absolute atomic E-state index is 0.0981. The third kappa shape index (κ3) is 5.03. The van der Waals surface area contributed by atoms with Crippen molar-refractivity contribution in [1.82, 2.24) is 14.7 Å². The van der Waals surface area contributed by atoms with Gasteiger partial charge in [0.15, 0.2) is 0 Å². The average Bonchev–Trinajstić information content (AvgIpc) is 3.35. The Morgan fingerprint density at radius 3 is 2.25 bits per heavy atom. The van der Waals surface area contributed by atoms with Gasteiger partial charge in [0.05, 0.1) is 28.5 Å². The first-order chi connectivity index (χ1) is 17.4. The molecule has 0 N–H and O–H groups in total. The molecule has 1 aliphatic rings. The summed E-state index contributed by atoms with van der Waals surface area (Å²) < 4.78 is 6.90. The molecule has 1 fully saturated rings. The van der Waals surface area contributed by atoms with Gasteiger partial charge in [-0.25, -0.2) is 4.68 Å². The third-order valence-corrected chi connectivity index (χ3v) is 7.18. The van der Waals surface area contributed by atoms with Crippen LogP contribution in [-0.4, -0.2) is 53.9 Å². The highest BCUT2D eigenvalue weighted by Gasteiger charge is 2.27. The lowest BCUT2D eigenvalue weighted by atomic mass is 10.1. The third-order valence-electron chi connectivity index (χ3n) is 6.20. The molecule has 3 aromatic carbocycles. The van der Waals surface area contributed by atoms with Gasteiger partial charge in [-0.15, -0.1) is 0 Å². The van der Waals surface area contributed by atoms with Gasteiger partial charge >= 0.3 is 0 Å². The minimum Gasteiger partial charge on any atom is -0.497 e. The van der Waals surface area contributed by atoms with Crippen LogP contribution in [0.5, 0.6) is 5.75 Å². The van der Waals surface area contributed by atoms with Gasteiger partial charge in [-0.05, 0) is 66.7 Å². The normalized spacial score (nSPS) is 13.7. The van der Waals surface area contributed by atoms with E-state index >= 15 is 0 Å². The molecule has 36 heavy (non-hydrogen) atoms. The summed E-state index contributed by atoms with van der Waals surface area (Å²) >= 11 is 18.6. The fourth-order valence-corrected chi connectivity index (χ4v) is 4.73. The van der Waals surface area contributed by atoms with E-state index in [0.717, 1.165) is 17.0 Å². The summed E-state index contributed by atoms with van der Waals surface area (Å²) in [6, 6.07) is 22.4. The second-order valence-corrected chi connectivity index (χ2v) is 9.66. The van der Waals surface area contributed by atoms with Crippen molar-refractivity contribution >= 4 is 46.4 Å². The molecule has 1 aromatic heterocycles. The molecule has 4 aromatic rings. The number of hydrogen-bond acceptors (Lipinski definition) is 4. The summed E-state index contributed by atoms with van der Waals surface area (Å²) in [7, 11) is 1.62. The Hall–Kier alpha value is -3.19. The lowest BCUT2D eigenvalue weighted by Crippen LogP contribution is -2.49. The molecule has 0 aliphatic carbocycles. The topological polar surface area (TPSA) is 50.6 Å². The summed E-state index contributed by atoms with van der Waals surface area (Å²) in [5, 5.41) is 6.29. The Morgan fingerprint density at radius 2 is 1.58 bits per heavy atom. The summed E-state index contributed by atoms with van der Waals surface area (Å²) in [5.41, 5.74) is 3.71. The zero-order chi connectivity index (χ0) is 25.2. The number of methoxy groups -OCH3 is 1. The van der Waals surface area contributed by atoms with E-state index in [0.29, 0.717) is 58.3 Å². The number of hydrogen-bond donors (Lipinski definition) is 0. The van der Waals surface area contributed by atoms with Crippen molar-refractivity contribution in [2.45, 2.75) is 0 Å². The van der Waals surface area contributed by atoms with Crippen LogP contribution in [0.1, 0.15) is 10.5 Å². The van der Waals surface area contributed by atoms with Crippen molar-refractivity contribution in [2.24, 2.45) is 0 Å². The molecule has 1 aliphatic heterocycles. The van der Waals surface area contributed by atoms with E-state index in [2.05, 4.69) is 4.90 Å². The number of halogens is 3. The summed E-state index contributed by atoms with van der Waals surface area (Å²) in [6.45, 7) is 2.57. The molecular formula is C27H23Cl3N4O2. The van der Waals surface area contributed by atoms with Crippen LogP contribution in [0.3, 0.4) is 0 Å². The Morgan fingerprint density at radius 1 is 0.833 bits per heavy atom. The van der Waals surface area contributed by atoms with Gasteiger partial charge < -0.3 is 14.5 Å². The van der Waals surface area contributed by atoms with Gasteiger partial charge in [-0.2, -0.15) is 5.10 Å². The monoisotopic (exact) mass is 540 g/mol. The summed E-state index contributed by atoms with van der Waals surface area (Å²) in [6.07, 6.45) is 0. The largest absolute Gasteiger partial charge is 0.497 e. The van der Waals surface area contributed by atoms with Gasteiger partial charge in [0.1, 0.15) is 11.4 Å². The number of ether oxygens (including phenoxy) is 1. The molecule has 0 bridgehead atoms. The van der Waals surface area contributed by atoms with Crippen LogP contribution in [0, 0.1) is 0 Å². The quantitative estimate of drug-likeness (QED) is 0.291. The van der Waals surface area contributed by atoms with Gasteiger partial charge in [0, 0.05) is 42.5 Å². The van der Waals surface area contributed by atoms with E-state index in [4.69, 9.17) is 44.6 Å². The van der Waals surface area contributed by atoms with Crippen LogP contribution < -0.4 is 9.64 Å². The number of amides is 1. The number of piperazine rings is 1. The predicted octanol–water partition coefficient (Wildman–Crippen LogP) is 6.47. The zero-order valence-electron chi connectivity index (χ0n) is 19.5. The zero-order valence-corrected chi connectivity index (χ0v) is 21.8. The molecule has 184 valence electrons. The van der Waals surface area contributed by atoms with Crippen LogP contribution in [0.4, 0.5) is 5.69 Å². The highest BCUT2D eigenvalue weighted by Crippen LogP contribution is 2.29. The van der Waals surface area contributed by atoms with Crippen LogP contribution in [0.2, 0.25) is 15.1 Å². The molecule has 1 amide bonds. The molecule has 9 heteroatoms. The Kier molecular flexibility index (Phi) is 7.10. The van der Waals surface area contributed by atoms with Gasteiger partial charge in [0.25, 0.3) is 5.91 Å². The van der Waals surface area contributed by atoms with Crippen molar-refractivity contribution in [3.8, 4) is 22.7 Å². The first-order valence-corrected chi connectivity index (χ1v) is 12.6. The van der Waals surface area contributed by atoms with Gasteiger partial charge in [-0.3, -0.25) is 4.79 Å². The van der Waals surface area contributed by atoms with E-state index in [9.17, 15) is 4.79 Å². The maximum absolute atomic E-state index is 13.7. The van der Waals surface area contributed by atoms with E-state index in [-0.39, 0.29) is 5.91 Å². The first kappa shape index (κ1) is 24.5. The fraction of sp³-hybridized carbons (Fsp3) is 0.185. The molecule has 0 atom stereocenters. The molecule has 2 heterocycles. The van der Waals surface area contributed by atoms with E-state index in [1.807, 2.05) is 59.5 Å². The van der Waals surface area contributed by atoms with E-state index < -0.39 is 0 Å². The molecule has 0 saturated carbocycles. The molecule has 6 nitrogen and oxygen atoms in total. The van der Waals surface area contributed by atoms with E-state index in [1.165, 1.54) is 0 Å². The minimum atomic E-state index is -0.0981. The van der Waals surface area contributed by atoms with Crippen LogP contribution >= 0.6 is 34.8 Å². The molecular weight excluding hydrogens is 519 g/mol. The van der Waals surface area contributed by atoms with Crippen molar-refractivity contribution in [3.63, 3.8) is 0 Å². The van der Waals surface area contributed by atoms with Crippen LogP contribution in [0.25, 0.3) is 16.9 Å². The number of benzene rings is 3. The summed E-state index contributed by atoms with van der Waals surface area (Å²) in [5.74, 6) is 0.649. The first-order valence-electron chi connectivity index (χ1n) is 11.4. The van der Waals surface area contributed by atoms with Crippen molar-refractivity contribution < 1.29 is 9.53 Å². The lowest BCUT2D eigenvalue weighted by Gasteiger charge is -2.36. The van der Waals surface area contributed by atoms with Crippen molar-refractivity contribution in [1.29, 1.82) is 0 Å². The number of carbonyl (C=O) groups excluding carboxylic acids is 1. The maximum Gasteiger partial charge on any atom is 0.272 e. The number of rotatable bonds is 5. The lowest BCUT2D eigenvalue weighted by molar-refractivity contribution is 0.0737. The number of anilines is 1. The number of aromatic nitrogens is 2. The Labute approximate surface area is 224 Å². The molecule has 0 spiro atoms. The standard InChI is InChI=1S/C27H23Cl3N4O2/c1-36-22-8-5-18(6-9-22)25-17-26(34(31-25)21-7-10-23(29)24(30)16-21)27(35)33-13-11-32(12-14-33)20-4-2-3-19(28)15-20/h2-10,15-17H,11-14H2,1H3. The highest BCUT2D eigenvalue weighted by molar-refractivity contribution is 6.42. The van der Waals surface area contributed by atoms with E-state index in [1.54, 1.807) is 30.0 Å². The number of carbonyl (C=O) groups is 1. The smallest absolute Gasteiger partial charge is 0.272 e. The fourth-order valence-electron chi connectivity index (χ4n) is 4.25. The van der Waals surface area contributed by atoms with Crippen LogP contribution in [0.15, 0.2) is 72.8 Å². The molecule has 5 rings (SSSR count). The van der Waals surface area contributed by atoms with Crippen molar-refractivity contribution in [2.75, 3.05) is 38.2 Å². The number of nitrogens with zero attached hydrogens (tertiary/aromatic N) is 4. The summed E-state index contributed by atoms with van der Waals surface area (Å²) in [4.78, 5) is 17.8.